The molecule has 0 aliphatic carbocycles. The second-order valence-corrected chi connectivity index (χ2v) is 13.7. The Balaban J connectivity index is 1.15. The largest absolute Gasteiger partial charge is 0.361 e. The van der Waals surface area contributed by atoms with E-state index in [-0.39, 0.29) is 23.6 Å². The van der Waals surface area contributed by atoms with Crippen molar-refractivity contribution in [3.05, 3.63) is 101 Å². The summed E-state index contributed by atoms with van der Waals surface area (Å²) in [5.74, 6) is 0.382. The standard InChI is InChI=1S/C38H44ClN5O3/c1-42(2)24-27-21-31-32(39)12-8-14-35(31)44(25-27)38(47)34(22-29-23-40-33-13-7-6-11-30(29)33)41-36(45)16-15-26-17-19-43(20-18-26)37(46)28-9-4-3-5-10-28/h3-14,23,26-27,34,40H,15-22,24-25H2,1-2H3,(H,41,45)/t27-,34-/m1/s1. The molecule has 1 saturated heterocycles. The van der Waals surface area contributed by atoms with Crippen LogP contribution in [-0.4, -0.2) is 78.8 Å². The van der Waals surface area contributed by atoms with Crippen molar-refractivity contribution < 1.29 is 14.4 Å². The van der Waals surface area contributed by atoms with Gasteiger partial charge in [-0.15, -0.1) is 0 Å². The van der Waals surface area contributed by atoms with E-state index in [1.165, 1.54) is 0 Å². The SMILES string of the molecule is CN(C)C[C@H]1Cc2c(Cl)cccc2N(C(=O)[C@@H](Cc2c[nH]c3ccccc23)NC(=O)CCC2CCN(C(=O)c3ccccc3)CC2)C1. The molecule has 47 heavy (non-hydrogen) atoms. The van der Waals surface area contributed by atoms with Crippen molar-refractivity contribution in [1.82, 2.24) is 20.1 Å². The van der Waals surface area contributed by atoms with Gasteiger partial charge in [0.1, 0.15) is 6.04 Å². The third kappa shape index (κ3) is 7.71. The molecule has 3 amide bonds. The lowest BCUT2D eigenvalue weighted by atomic mass is 9.90. The number of nitrogens with one attached hydrogen (secondary N) is 2. The number of para-hydroxylation sites is 1. The number of carbonyl (C=O) groups is 3. The Morgan fingerprint density at radius 3 is 2.47 bits per heavy atom. The zero-order valence-electron chi connectivity index (χ0n) is 27.3. The molecule has 9 heteroatoms. The molecule has 0 bridgehead atoms. The van der Waals surface area contributed by atoms with Crippen molar-refractivity contribution in [2.75, 3.05) is 45.2 Å². The van der Waals surface area contributed by atoms with Crippen molar-refractivity contribution in [2.45, 2.75) is 44.6 Å². The number of benzene rings is 3. The molecule has 8 nitrogen and oxygen atoms in total. The van der Waals surface area contributed by atoms with Gasteiger partial charge in [0, 0.05) is 72.4 Å². The fourth-order valence-electron chi connectivity index (χ4n) is 7.26. The lowest BCUT2D eigenvalue weighted by molar-refractivity contribution is -0.127. The molecule has 2 aliphatic rings. The lowest BCUT2D eigenvalue weighted by Crippen LogP contribution is -2.53. The van der Waals surface area contributed by atoms with Gasteiger partial charge in [0.15, 0.2) is 0 Å². The average Bonchev–Trinajstić information content (AvgIpc) is 3.49. The highest BCUT2D eigenvalue weighted by molar-refractivity contribution is 6.32. The number of anilines is 1. The lowest BCUT2D eigenvalue weighted by Gasteiger charge is -2.38. The van der Waals surface area contributed by atoms with Crippen molar-refractivity contribution in [2.24, 2.45) is 11.8 Å². The second kappa shape index (κ2) is 14.7. The molecule has 2 aliphatic heterocycles. The van der Waals surface area contributed by atoms with Gasteiger partial charge in [-0.25, -0.2) is 0 Å². The molecule has 0 unspecified atom stereocenters. The van der Waals surface area contributed by atoms with Crippen LogP contribution in [0.15, 0.2) is 79.0 Å². The zero-order chi connectivity index (χ0) is 32.9. The highest BCUT2D eigenvalue weighted by Gasteiger charge is 2.35. The molecule has 2 N–H and O–H groups in total. The number of carbonyl (C=O) groups excluding carboxylic acids is 3. The van der Waals surface area contributed by atoms with Crippen LogP contribution in [0.5, 0.6) is 0 Å². The fourth-order valence-corrected chi connectivity index (χ4v) is 7.50. The minimum absolute atomic E-state index is 0.0637. The van der Waals surface area contributed by atoms with Crippen LogP contribution in [-0.2, 0) is 22.4 Å². The quantitative estimate of drug-likeness (QED) is 0.222. The first-order chi connectivity index (χ1) is 22.8. The summed E-state index contributed by atoms with van der Waals surface area (Å²) < 4.78 is 0. The second-order valence-electron chi connectivity index (χ2n) is 13.3. The number of fused-ring (bicyclic) bond motifs is 2. The van der Waals surface area contributed by atoms with Gasteiger partial charge in [0.25, 0.3) is 5.91 Å². The maximum absolute atomic E-state index is 14.5. The summed E-state index contributed by atoms with van der Waals surface area (Å²) in [6.45, 7) is 2.76. The van der Waals surface area contributed by atoms with Crippen molar-refractivity contribution in [3.63, 3.8) is 0 Å². The maximum Gasteiger partial charge on any atom is 0.253 e. The van der Waals surface area contributed by atoms with E-state index in [1.54, 1.807) is 0 Å². The van der Waals surface area contributed by atoms with Crippen LogP contribution in [0, 0.1) is 11.8 Å². The number of H-pyrrole nitrogens is 1. The molecular formula is C38H44ClN5O3. The topological polar surface area (TPSA) is 88.8 Å². The highest BCUT2D eigenvalue weighted by atomic mass is 35.5. The number of nitrogens with zero attached hydrogens (tertiary/aromatic N) is 3. The first kappa shape index (κ1) is 32.8. The van der Waals surface area contributed by atoms with Crippen molar-refractivity contribution in [3.8, 4) is 0 Å². The molecule has 0 spiro atoms. The van der Waals surface area contributed by atoms with Gasteiger partial charge in [0.05, 0.1) is 0 Å². The predicted octanol–water partition coefficient (Wildman–Crippen LogP) is 5.95. The summed E-state index contributed by atoms with van der Waals surface area (Å²) in [4.78, 5) is 50.2. The number of aromatic amines is 1. The number of piperidine rings is 1. The van der Waals surface area contributed by atoms with E-state index in [0.29, 0.717) is 49.0 Å². The van der Waals surface area contributed by atoms with Crippen LogP contribution in [0.2, 0.25) is 5.02 Å². The van der Waals surface area contributed by atoms with Gasteiger partial charge >= 0.3 is 0 Å². The Kier molecular flexibility index (Phi) is 10.3. The average molecular weight is 654 g/mol. The predicted molar refractivity (Wildman–Crippen MR) is 188 cm³/mol. The molecule has 3 heterocycles. The van der Waals surface area contributed by atoms with E-state index < -0.39 is 6.04 Å². The monoisotopic (exact) mass is 653 g/mol. The van der Waals surface area contributed by atoms with E-state index >= 15 is 0 Å². The van der Waals surface area contributed by atoms with Crippen LogP contribution in [0.1, 0.15) is 47.2 Å². The van der Waals surface area contributed by atoms with Gasteiger partial charge in [-0.1, -0.05) is 54.1 Å². The Hall–Kier alpha value is -4.14. The van der Waals surface area contributed by atoms with Crippen LogP contribution >= 0.6 is 11.6 Å². The minimum atomic E-state index is -0.739. The van der Waals surface area contributed by atoms with Gasteiger partial charge in [-0.2, -0.15) is 0 Å². The summed E-state index contributed by atoms with van der Waals surface area (Å²) in [6, 6.07) is 22.4. The molecule has 6 rings (SSSR count). The third-order valence-corrected chi connectivity index (χ3v) is 10.00. The first-order valence-electron chi connectivity index (χ1n) is 16.7. The van der Waals surface area contributed by atoms with Crippen molar-refractivity contribution >= 4 is 45.9 Å². The minimum Gasteiger partial charge on any atom is -0.361 e. The molecule has 0 radical (unpaired) electrons. The number of amides is 3. The van der Waals surface area contributed by atoms with E-state index in [9.17, 15) is 14.4 Å². The number of aromatic nitrogens is 1. The van der Waals surface area contributed by atoms with Gasteiger partial charge in [-0.05, 0) is 93.1 Å². The zero-order valence-corrected chi connectivity index (χ0v) is 28.0. The Morgan fingerprint density at radius 2 is 1.70 bits per heavy atom. The van der Waals surface area contributed by atoms with Crippen LogP contribution < -0.4 is 10.2 Å². The molecule has 4 aromatic rings. The first-order valence-corrected chi connectivity index (χ1v) is 17.1. The van der Waals surface area contributed by atoms with Gasteiger partial charge in [-0.3, -0.25) is 14.4 Å². The van der Waals surface area contributed by atoms with Crippen LogP contribution in [0.3, 0.4) is 0 Å². The molecule has 2 atom stereocenters. The van der Waals surface area contributed by atoms with Gasteiger partial charge < -0.3 is 25.0 Å². The summed E-state index contributed by atoms with van der Waals surface area (Å²) >= 11 is 6.68. The Bertz CT molecular complexity index is 1710. The third-order valence-electron chi connectivity index (χ3n) is 9.64. The molecule has 246 valence electrons. The summed E-state index contributed by atoms with van der Waals surface area (Å²) in [5.41, 5.74) is 4.51. The number of hydrogen-bond acceptors (Lipinski definition) is 4. The number of likely N-dealkylation sites (tertiary alicyclic amines) is 1. The summed E-state index contributed by atoms with van der Waals surface area (Å²) in [6.07, 6.45) is 5.90. The fraction of sp³-hybridized carbons (Fsp3) is 0.395. The van der Waals surface area contributed by atoms with E-state index in [0.717, 1.165) is 59.9 Å². The van der Waals surface area contributed by atoms with E-state index in [2.05, 4.69) is 15.2 Å². The van der Waals surface area contributed by atoms with Crippen LogP contribution in [0.25, 0.3) is 10.9 Å². The van der Waals surface area contributed by atoms with E-state index in [1.807, 2.05) is 103 Å². The molecule has 0 saturated carbocycles. The van der Waals surface area contributed by atoms with Gasteiger partial charge in [0.2, 0.25) is 11.8 Å². The molecule has 3 aromatic carbocycles. The number of rotatable bonds is 10. The molecule has 1 fully saturated rings. The normalized spacial score (nSPS) is 17.5. The smallest absolute Gasteiger partial charge is 0.253 e. The summed E-state index contributed by atoms with van der Waals surface area (Å²) in [7, 11) is 4.08. The highest BCUT2D eigenvalue weighted by Crippen LogP contribution is 2.36. The molecule has 1 aromatic heterocycles. The Labute approximate surface area is 282 Å². The number of hydrogen-bond donors (Lipinski definition) is 2. The van der Waals surface area contributed by atoms with E-state index in [4.69, 9.17) is 11.6 Å². The summed E-state index contributed by atoms with van der Waals surface area (Å²) in [5, 5.41) is 4.86. The van der Waals surface area contributed by atoms with Crippen molar-refractivity contribution in [1.29, 1.82) is 0 Å². The molecular weight excluding hydrogens is 610 g/mol. The Morgan fingerprint density at radius 1 is 0.957 bits per heavy atom. The van der Waals surface area contributed by atoms with Crippen LogP contribution in [0.4, 0.5) is 5.69 Å². The number of halogens is 1. The maximum atomic E-state index is 14.5.